The summed E-state index contributed by atoms with van der Waals surface area (Å²) in [6.07, 6.45) is 6.57. The molecular weight excluding hydrogens is 488 g/mol. The highest BCUT2D eigenvalue weighted by molar-refractivity contribution is 5.86. The number of aromatic nitrogens is 2. The molecule has 3 aromatic carbocycles. The lowest BCUT2D eigenvalue weighted by Crippen LogP contribution is -2.38. The standard InChI is InChI=1S/C36H42N4/c1-7-36(8-2)22-21-32-39(26-15-10-9-11-16-26)34-35(40(32)31-20-13-12-19-29(31)36)38-30(23-37-34)33-27(24(3)4)17-14-18-28(33)25(5)6/h9-20,23-25,32H,7-8,21-22H2,1-6H3. The van der Waals surface area contributed by atoms with Crippen molar-refractivity contribution < 1.29 is 0 Å². The second-order valence-electron chi connectivity index (χ2n) is 12.1. The zero-order valence-corrected chi connectivity index (χ0v) is 24.9. The first-order chi connectivity index (χ1) is 19.4. The summed E-state index contributed by atoms with van der Waals surface area (Å²) in [6.45, 7) is 13.8. The summed E-state index contributed by atoms with van der Waals surface area (Å²) in [5, 5.41) is 0. The summed E-state index contributed by atoms with van der Waals surface area (Å²) in [6, 6.07) is 26.5. The zero-order valence-electron chi connectivity index (χ0n) is 24.9. The normalized spacial score (nSPS) is 17.6. The number of benzene rings is 3. The molecule has 4 nitrogen and oxygen atoms in total. The van der Waals surface area contributed by atoms with Crippen LogP contribution in [0.15, 0.2) is 79.0 Å². The largest absolute Gasteiger partial charge is 0.302 e. The van der Waals surface area contributed by atoms with E-state index in [0.29, 0.717) is 11.8 Å². The summed E-state index contributed by atoms with van der Waals surface area (Å²) < 4.78 is 0. The molecule has 2 aliphatic heterocycles. The number of nitrogens with zero attached hydrogens (tertiary/aromatic N) is 4. The van der Waals surface area contributed by atoms with Crippen LogP contribution in [0.1, 0.15) is 95.8 Å². The lowest BCUT2D eigenvalue weighted by molar-refractivity contribution is 0.354. The van der Waals surface area contributed by atoms with Crippen molar-refractivity contribution in [2.75, 3.05) is 9.80 Å². The molecule has 0 radical (unpaired) electrons. The van der Waals surface area contributed by atoms with E-state index in [9.17, 15) is 0 Å². The maximum absolute atomic E-state index is 5.53. The number of anilines is 4. The average molecular weight is 531 g/mol. The van der Waals surface area contributed by atoms with Gasteiger partial charge >= 0.3 is 0 Å². The average Bonchev–Trinajstić information content (AvgIpc) is 3.23. The first kappa shape index (κ1) is 26.6. The number of para-hydroxylation sites is 2. The van der Waals surface area contributed by atoms with Crippen LogP contribution in [0.25, 0.3) is 11.3 Å². The van der Waals surface area contributed by atoms with Gasteiger partial charge in [0.05, 0.1) is 11.9 Å². The monoisotopic (exact) mass is 530 g/mol. The van der Waals surface area contributed by atoms with Crippen molar-refractivity contribution in [3.8, 4) is 11.3 Å². The van der Waals surface area contributed by atoms with Crippen molar-refractivity contribution in [1.82, 2.24) is 9.97 Å². The summed E-state index contributed by atoms with van der Waals surface area (Å²) in [4.78, 5) is 15.7. The first-order valence-corrected chi connectivity index (χ1v) is 15.1. The molecule has 1 atom stereocenters. The molecule has 0 amide bonds. The topological polar surface area (TPSA) is 32.3 Å². The van der Waals surface area contributed by atoms with E-state index in [4.69, 9.17) is 9.97 Å². The smallest absolute Gasteiger partial charge is 0.179 e. The molecule has 0 spiro atoms. The fourth-order valence-electron chi connectivity index (χ4n) is 7.14. The molecule has 40 heavy (non-hydrogen) atoms. The van der Waals surface area contributed by atoms with Crippen molar-refractivity contribution in [2.45, 2.75) is 90.6 Å². The van der Waals surface area contributed by atoms with Crippen LogP contribution in [0.2, 0.25) is 0 Å². The van der Waals surface area contributed by atoms with Crippen LogP contribution < -0.4 is 9.80 Å². The van der Waals surface area contributed by atoms with Crippen molar-refractivity contribution in [1.29, 1.82) is 0 Å². The van der Waals surface area contributed by atoms with E-state index in [1.807, 2.05) is 6.20 Å². The van der Waals surface area contributed by atoms with Crippen molar-refractivity contribution in [3.63, 3.8) is 0 Å². The third-order valence-corrected chi connectivity index (χ3v) is 9.42. The van der Waals surface area contributed by atoms with Crippen molar-refractivity contribution in [2.24, 2.45) is 0 Å². The van der Waals surface area contributed by atoms with Crippen LogP contribution in [-0.4, -0.2) is 16.1 Å². The Kier molecular flexibility index (Phi) is 6.90. The predicted molar refractivity (Wildman–Crippen MR) is 168 cm³/mol. The highest BCUT2D eigenvalue weighted by Crippen LogP contribution is 2.54. The van der Waals surface area contributed by atoms with Crippen molar-refractivity contribution in [3.05, 3.63) is 95.7 Å². The fraction of sp³-hybridized carbons (Fsp3) is 0.389. The molecule has 206 valence electrons. The summed E-state index contributed by atoms with van der Waals surface area (Å²) in [5.41, 5.74) is 8.94. The van der Waals surface area contributed by atoms with E-state index in [0.717, 1.165) is 43.0 Å². The molecule has 0 aliphatic carbocycles. The maximum atomic E-state index is 5.53. The Bertz CT molecular complexity index is 1480. The van der Waals surface area contributed by atoms with Crippen molar-refractivity contribution >= 4 is 23.0 Å². The van der Waals surface area contributed by atoms with Gasteiger partial charge < -0.3 is 9.80 Å². The number of fused-ring (bicyclic) bond motifs is 5. The Balaban J connectivity index is 1.62. The lowest BCUT2D eigenvalue weighted by atomic mass is 9.72. The van der Waals surface area contributed by atoms with Gasteiger partial charge in [-0.2, -0.15) is 0 Å². The second kappa shape index (κ2) is 10.4. The van der Waals surface area contributed by atoms with E-state index in [1.165, 1.54) is 33.6 Å². The van der Waals surface area contributed by atoms with Gasteiger partial charge in [0.2, 0.25) is 0 Å². The Labute approximate surface area is 240 Å². The Morgan fingerprint density at radius 2 is 1.43 bits per heavy atom. The molecule has 0 bridgehead atoms. The van der Waals surface area contributed by atoms with E-state index < -0.39 is 0 Å². The fourth-order valence-corrected chi connectivity index (χ4v) is 7.14. The van der Waals surface area contributed by atoms with Gasteiger partial charge in [-0.3, -0.25) is 0 Å². The zero-order chi connectivity index (χ0) is 28.0. The van der Waals surface area contributed by atoms with Gasteiger partial charge in [0, 0.05) is 16.9 Å². The molecule has 2 aliphatic rings. The van der Waals surface area contributed by atoms with Gasteiger partial charge in [0.15, 0.2) is 11.6 Å². The van der Waals surface area contributed by atoms with Gasteiger partial charge in [0.25, 0.3) is 0 Å². The summed E-state index contributed by atoms with van der Waals surface area (Å²) >= 11 is 0. The molecule has 0 saturated carbocycles. The van der Waals surface area contributed by atoms with Crippen LogP contribution in [-0.2, 0) is 5.41 Å². The van der Waals surface area contributed by atoms with Gasteiger partial charge in [-0.15, -0.1) is 0 Å². The SMILES string of the molecule is CCC1(CC)CCC2N(c3ccccc3)c3ncc(-c4c(C(C)C)cccc4C(C)C)nc3N2c2ccccc21. The van der Waals surface area contributed by atoms with Crippen LogP contribution in [0, 0.1) is 0 Å². The minimum atomic E-state index is 0.124. The van der Waals surface area contributed by atoms with Gasteiger partial charge in [-0.1, -0.05) is 96.1 Å². The quantitative estimate of drug-likeness (QED) is 0.248. The highest BCUT2D eigenvalue weighted by Gasteiger charge is 2.46. The second-order valence-corrected chi connectivity index (χ2v) is 12.1. The van der Waals surface area contributed by atoms with E-state index in [-0.39, 0.29) is 11.6 Å². The van der Waals surface area contributed by atoms with Gasteiger partial charge in [-0.25, -0.2) is 9.97 Å². The lowest BCUT2D eigenvalue weighted by Gasteiger charge is -2.33. The van der Waals surface area contributed by atoms with Crippen LogP contribution in [0.5, 0.6) is 0 Å². The van der Waals surface area contributed by atoms with Gasteiger partial charge in [-0.05, 0) is 77.8 Å². The maximum Gasteiger partial charge on any atom is 0.179 e. The predicted octanol–water partition coefficient (Wildman–Crippen LogP) is 9.86. The minimum absolute atomic E-state index is 0.124. The third-order valence-electron chi connectivity index (χ3n) is 9.42. The Morgan fingerprint density at radius 1 is 0.775 bits per heavy atom. The van der Waals surface area contributed by atoms with Crippen LogP contribution >= 0.6 is 0 Å². The third kappa shape index (κ3) is 4.11. The Morgan fingerprint density at radius 3 is 2.08 bits per heavy atom. The first-order valence-electron chi connectivity index (χ1n) is 15.1. The summed E-state index contributed by atoms with van der Waals surface area (Å²) in [5.74, 6) is 2.70. The van der Waals surface area contributed by atoms with Crippen LogP contribution in [0.3, 0.4) is 0 Å². The molecule has 4 aromatic rings. The number of hydrogen-bond acceptors (Lipinski definition) is 4. The molecule has 3 heterocycles. The van der Waals surface area contributed by atoms with E-state index in [2.05, 4.69) is 124 Å². The van der Waals surface area contributed by atoms with E-state index in [1.54, 1.807) is 0 Å². The van der Waals surface area contributed by atoms with Crippen LogP contribution in [0.4, 0.5) is 23.0 Å². The van der Waals surface area contributed by atoms with E-state index >= 15 is 0 Å². The highest BCUT2D eigenvalue weighted by atomic mass is 15.5. The molecule has 6 rings (SSSR count). The molecular formula is C36H42N4. The molecule has 1 aromatic heterocycles. The molecule has 0 saturated heterocycles. The molecule has 0 N–H and O–H groups in total. The Hall–Kier alpha value is -3.66. The summed E-state index contributed by atoms with van der Waals surface area (Å²) in [7, 11) is 0. The number of hydrogen-bond donors (Lipinski definition) is 0. The molecule has 0 fully saturated rings. The van der Waals surface area contributed by atoms with Gasteiger partial charge in [0.1, 0.15) is 6.17 Å². The molecule has 1 unspecified atom stereocenters. The minimum Gasteiger partial charge on any atom is -0.302 e. The number of rotatable bonds is 6. The molecule has 4 heteroatoms.